The van der Waals surface area contributed by atoms with Gasteiger partial charge in [0.2, 0.25) is 10.0 Å². The fourth-order valence-electron chi connectivity index (χ4n) is 2.84. The second kappa shape index (κ2) is 7.79. The Balaban J connectivity index is 1.87. The number of carbonyl (C=O) groups excluding carboxylic acids is 1. The molecule has 0 radical (unpaired) electrons. The average Bonchev–Trinajstić information content (AvgIpc) is 3.09. The van der Waals surface area contributed by atoms with Gasteiger partial charge in [-0.25, -0.2) is 8.42 Å². The minimum atomic E-state index is -4.10. The number of nitrogens with zero attached hydrogens (tertiary/aromatic N) is 1. The molecule has 28 heavy (non-hydrogen) atoms. The first kappa shape index (κ1) is 19.5. The molecule has 0 amide bonds. The minimum Gasteiger partial charge on any atom is -0.468 e. The van der Waals surface area contributed by atoms with Gasteiger partial charge >= 0.3 is 5.97 Å². The molecule has 2 N–H and O–H groups in total. The number of esters is 1. The van der Waals surface area contributed by atoms with Gasteiger partial charge in [0.05, 0.1) is 16.9 Å². The van der Waals surface area contributed by atoms with Crippen LogP contribution in [0.1, 0.15) is 5.56 Å². The van der Waals surface area contributed by atoms with E-state index in [-0.39, 0.29) is 17.0 Å². The summed E-state index contributed by atoms with van der Waals surface area (Å²) in [4.78, 5) is 25.2. The quantitative estimate of drug-likeness (QED) is 0.353. The molecule has 1 heterocycles. The minimum absolute atomic E-state index is 0.0723. The fourth-order valence-corrected chi connectivity index (χ4v) is 4.02. The second-order valence-electron chi connectivity index (χ2n) is 6.01. The van der Waals surface area contributed by atoms with Gasteiger partial charge < -0.3 is 9.72 Å². The van der Waals surface area contributed by atoms with E-state index >= 15 is 0 Å². The summed E-state index contributed by atoms with van der Waals surface area (Å²) in [5.41, 5.74) is 1.37. The van der Waals surface area contributed by atoms with Gasteiger partial charge in [-0.15, -0.1) is 0 Å². The van der Waals surface area contributed by atoms with Crippen LogP contribution in [0.2, 0.25) is 0 Å². The third-order valence-electron chi connectivity index (χ3n) is 4.24. The predicted octanol–water partition coefficient (Wildman–Crippen LogP) is 2.14. The average molecular weight is 403 g/mol. The van der Waals surface area contributed by atoms with Crippen molar-refractivity contribution in [3.63, 3.8) is 0 Å². The van der Waals surface area contributed by atoms with E-state index < -0.39 is 27.0 Å². The summed E-state index contributed by atoms with van der Waals surface area (Å²) in [5.74, 6) is -0.740. The Hall–Kier alpha value is -3.24. The fraction of sp³-hybridized carbons (Fsp3) is 0.167. The lowest BCUT2D eigenvalue weighted by atomic mass is 10.1. The van der Waals surface area contributed by atoms with Gasteiger partial charge in [0.25, 0.3) is 5.69 Å². The number of ether oxygens (including phenoxy) is 1. The van der Waals surface area contributed by atoms with Crippen molar-refractivity contribution < 1.29 is 22.9 Å². The molecule has 3 aromatic rings. The zero-order valence-electron chi connectivity index (χ0n) is 14.8. The topological polar surface area (TPSA) is 131 Å². The van der Waals surface area contributed by atoms with Gasteiger partial charge in [0.1, 0.15) is 6.04 Å². The van der Waals surface area contributed by atoms with Crippen molar-refractivity contribution in [2.24, 2.45) is 0 Å². The molecule has 2 aromatic carbocycles. The SMILES string of the molecule is COC(=O)C(Cc1c[nH]c2ccccc12)NS(=O)(=O)c1ccc([N+](=O)[O-])cc1. The summed E-state index contributed by atoms with van der Waals surface area (Å²) >= 11 is 0. The summed E-state index contributed by atoms with van der Waals surface area (Å²) in [6, 6.07) is 10.7. The Morgan fingerprint density at radius 3 is 2.54 bits per heavy atom. The third-order valence-corrected chi connectivity index (χ3v) is 5.73. The maximum Gasteiger partial charge on any atom is 0.324 e. The highest BCUT2D eigenvalue weighted by Crippen LogP contribution is 2.21. The van der Waals surface area contributed by atoms with Crippen LogP contribution in [0, 0.1) is 10.1 Å². The molecule has 0 saturated heterocycles. The molecule has 0 saturated carbocycles. The van der Waals surface area contributed by atoms with E-state index in [9.17, 15) is 23.3 Å². The Labute approximate surface area is 160 Å². The van der Waals surface area contributed by atoms with Crippen LogP contribution in [0.25, 0.3) is 10.9 Å². The van der Waals surface area contributed by atoms with Gasteiger partial charge in [-0.1, -0.05) is 18.2 Å². The number of aromatic nitrogens is 1. The van der Waals surface area contributed by atoms with E-state index in [1.807, 2.05) is 24.3 Å². The number of methoxy groups -OCH3 is 1. The Bertz CT molecular complexity index is 1120. The first-order chi connectivity index (χ1) is 13.3. The van der Waals surface area contributed by atoms with E-state index in [4.69, 9.17) is 4.74 Å². The Morgan fingerprint density at radius 1 is 1.21 bits per heavy atom. The molecule has 0 aliphatic rings. The third kappa shape index (κ3) is 4.02. The maximum absolute atomic E-state index is 12.6. The molecule has 0 aliphatic carbocycles. The molecule has 9 nitrogen and oxygen atoms in total. The van der Waals surface area contributed by atoms with Crippen LogP contribution in [0.3, 0.4) is 0 Å². The number of hydrogen-bond acceptors (Lipinski definition) is 6. The van der Waals surface area contributed by atoms with E-state index in [1.165, 1.54) is 7.11 Å². The van der Waals surface area contributed by atoms with Gasteiger partial charge in [0.15, 0.2) is 0 Å². The van der Waals surface area contributed by atoms with Crippen LogP contribution >= 0.6 is 0 Å². The first-order valence-electron chi connectivity index (χ1n) is 8.21. The number of hydrogen-bond donors (Lipinski definition) is 2. The van der Waals surface area contributed by atoms with Gasteiger partial charge in [-0.2, -0.15) is 4.72 Å². The monoisotopic (exact) mass is 403 g/mol. The molecule has 1 unspecified atom stereocenters. The van der Waals surface area contributed by atoms with Crippen LogP contribution in [-0.2, 0) is 26.0 Å². The maximum atomic E-state index is 12.6. The molecule has 0 fully saturated rings. The lowest BCUT2D eigenvalue weighted by Crippen LogP contribution is -2.42. The number of carbonyl (C=O) groups is 1. The van der Waals surface area contributed by atoms with Gasteiger partial charge in [-0.05, 0) is 23.8 Å². The molecular formula is C18H17N3O6S. The number of para-hydroxylation sites is 1. The van der Waals surface area contributed by atoms with Gasteiger partial charge in [0, 0.05) is 35.7 Å². The van der Waals surface area contributed by atoms with Crippen molar-refractivity contribution in [2.75, 3.05) is 7.11 Å². The zero-order valence-corrected chi connectivity index (χ0v) is 15.6. The van der Waals surface area contributed by atoms with Crippen molar-refractivity contribution in [3.8, 4) is 0 Å². The Kier molecular flexibility index (Phi) is 5.43. The summed E-state index contributed by atoms with van der Waals surface area (Å²) in [5, 5.41) is 11.6. The van der Waals surface area contributed by atoms with Crippen LogP contribution < -0.4 is 4.72 Å². The van der Waals surface area contributed by atoms with Crippen LogP contribution in [0.5, 0.6) is 0 Å². The molecule has 3 rings (SSSR count). The van der Waals surface area contributed by atoms with Crippen LogP contribution in [0.15, 0.2) is 59.6 Å². The number of benzene rings is 2. The van der Waals surface area contributed by atoms with E-state index in [0.717, 1.165) is 40.7 Å². The molecule has 0 bridgehead atoms. The summed E-state index contributed by atoms with van der Waals surface area (Å²) in [6.45, 7) is 0. The highest BCUT2D eigenvalue weighted by molar-refractivity contribution is 7.89. The highest BCUT2D eigenvalue weighted by atomic mass is 32.2. The lowest BCUT2D eigenvalue weighted by molar-refractivity contribution is -0.384. The van der Waals surface area contributed by atoms with Crippen molar-refractivity contribution >= 4 is 32.6 Å². The smallest absolute Gasteiger partial charge is 0.324 e. The number of H-pyrrole nitrogens is 1. The highest BCUT2D eigenvalue weighted by Gasteiger charge is 2.28. The number of aromatic amines is 1. The molecule has 1 atom stereocenters. The largest absolute Gasteiger partial charge is 0.468 e. The number of non-ortho nitro benzene ring substituents is 1. The van der Waals surface area contributed by atoms with Crippen molar-refractivity contribution in [1.29, 1.82) is 0 Å². The standard InChI is InChI=1S/C18H17N3O6S/c1-27-18(22)17(10-12-11-19-16-5-3-2-4-15(12)16)20-28(25,26)14-8-6-13(7-9-14)21(23)24/h2-9,11,17,19-20H,10H2,1H3. The molecule has 1 aromatic heterocycles. The van der Waals surface area contributed by atoms with E-state index in [0.29, 0.717) is 0 Å². The normalized spacial score (nSPS) is 12.6. The number of fused-ring (bicyclic) bond motifs is 1. The first-order valence-corrected chi connectivity index (χ1v) is 9.70. The van der Waals surface area contributed by atoms with Crippen molar-refractivity contribution in [1.82, 2.24) is 9.71 Å². The van der Waals surface area contributed by atoms with Crippen molar-refractivity contribution in [2.45, 2.75) is 17.4 Å². The summed E-state index contributed by atoms with van der Waals surface area (Å²) in [6.07, 6.45) is 1.78. The number of rotatable bonds is 7. The lowest BCUT2D eigenvalue weighted by Gasteiger charge is -2.16. The number of sulfonamides is 1. The van der Waals surface area contributed by atoms with Crippen molar-refractivity contribution in [3.05, 3.63) is 70.4 Å². The molecule has 0 spiro atoms. The molecule has 10 heteroatoms. The summed E-state index contributed by atoms with van der Waals surface area (Å²) < 4.78 is 32.3. The summed E-state index contributed by atoms with van der Waals surface area (Å²) in [7, 11) is -2.93. The zero-order chi connectivity index (χ0) is 20.3. The number of nitro benzene ring substituents is 1. The van der Waals surface area contributed by atoms with Gasteiger partial charge in [-0.3, -0.25) is 14.9 Å². The number of nitrogens with one attached hydrogen (secondary N) is 2. The number of nitro groups is 1. The predicted molar refractivity (Wildman–Crippen MR) is 101 cm³/mol. The Morgan fingerprint density at radius 2 is 1.89 bits per heavy atom. The van der Waals surface area contributed by atoms with E-state index in [1.54, 1.807) is 6.20 Å². The molecule has 0 aliphatic heterocycles. The van der Waals surface area contributed by atoms with E-state index in [2.05, 4.69) is 9.71 Å². The van der Waals surface area contributed by atoms with Crippen LogP contribution in [0.4, 0.5) is 5.69 Å². The molecular weight excluding hydrogens is 386 g/mol. The molecule has 146 valence electrons. The van der Waals surface area contributed by atoms with Crippen LogP contribution in [-0.4, -0.2) is 37.4 Å². The second-order valence-corrected chi connectivity index (χ2v) is 7.73.